The molecule has 1 heterocycles. The molecule has 7 nitrogen and oxygen atoms in total. The molecule has 0 aromatic rings. The summed E-state index contributed by atoms with van der Waals surface area (Å²) in [6.45, 7) is 6.14. The van der Waals surface area contributed by atoms with Crippen LogP contribution in [0.25, 0.3) is 0 Å². The molecule has 1 fully saturated rings. The molecule has 0 aromatic heterocycles. The molecule has 1 aliphatic heterocycles. The number of carbonyl (C=O) groups is 3. The minimum absolute atomic E-state index is 0.264. The smallest absolute Gasteiger partial charge is 0.328 e. The van der Waals surface area contributed by atoms with E-state index in [1.807, 2.05) is 6.92 Å². The molecule has 120 valence electrons. The summed E-state index contributed by atoms with van der Waals surface area (Å²) in [6, 6.07) is -1.07. The second kappa shape index (κ2) is 7.28. The molecule has 0 bridgehead atoms. The molecule has 21 heavy (non-hydrogen) atoms. The highest BCUT2D eigenvalue weighted by Gasteiger charge is 2.41. The van der Waals surface area contributed by atoms with Crippen molar-refractivity contribution in [3.63, 3.8) is 0 Å². The van der Waals surface area contributed by atoms with Crippen LogP contribution in [0.5, 0.6) is 0 Å². The van der Waals surface area contributed by atoms with Crippen molar-refractivity contribution in [1.29, 1.82) is 0 Å². The summed E-state index contributed by atoms with van der Waals surface area (Å²) in [5, 5.41) is 11.9. The summed E-state index contributed by atoms with van der Waals surface area (Å²) < 4.78 is 4.82. The van der Waals surface area contributed by atoms with Crippen LogP contribution in [0.2, 0.25) is 0 Å². The van der Waals surface area contributed by atoms with E-state index in [4.69, 9.17) is 4.74 Å². The van der Waals surface area contributed by atoms with E-state index in [0.29, 0.717) is 32.4 Å². The fourth-order valence-corrected chi connectivity index (χ4v) is 2.46. The number of carboxylic acid groups (broad SMARTS) is 1. The summed E-state index contributed by atoms with van der Waals surface area (Å²) in [4.78, 5) is 36.4. The van der Waals surface area contributed by atoms with E-state index in [1.165, 1.54) is 0 Å². The third-order valence-electron chi connectivity index (χ3n) is 4.12. The van der Waals surface area contributed by atoms with Gasteiger partial charge in [0.1, 0.15) is 6.04 Å². The lowest BCUT2D eigenvalue weighted by Crippen LogP contribution is -2.52. The van der Waals surface area contributed by atoms with Crippen LogP contribution in [0.4, 0.5) is 4.79 Å². The molecule has 2 N–H and O–H groups in total. The lowest BCUT2D eigenvalue weighted by molar-refractivity contribution is -0.151. The Hall–Kier alpha value is -1.79. The summed E-state index contributed by atoms with van der Waals surface area (Å²) in [6.07, 6.45) is 1.41. The predicted octanol–water partition coefficient (Wildman–Crippen LogP) is 1.22. The fourth-order valence-electron chi connectivity index (χ4n) is 2.46. The first-order valence-corrected chi connectivity index (χ1v) is 7.31. The van der Waals surface area contributed by atoms with Gasteiger partial charge in [0.25, 0.3) is 0 Å². The molecular weight excluding hydrogens is 276 g/mol. The van der Waals surface area contributed by atoms with Crippen molar-refractivity contribution in [3.8, 4) is 0 Å². The Labute approximate surface area is 124 Å². The molecule has 1 saturated heterocycles. The van der Waals surface area contributed by atoms with Gasteiger partial charge in [-0.25, -0.2) is 9.59 Å². The molecular formula is C14H24N2O5. The van der Waals surface area contributed by atoms with Crippen LogP contribution in [0, 0.1) is 5.41 Å². The number of aliphatic carboxylic acids is 1. The van der Waals surface area contributed by atoms with E-state index in [1.54, 1.807) is 18.7 Å². The predicted molar refractivity (Wildman–Crippen MR) is 75.8 cm³/mol. The molecule has 0 spiro atoms. The first-order valence-electron chi connectivity index (χ1n) is 7.31. The largest absolute Gasteiger partial charge is 0.481 e. The normalized spacial score (nSPS) is 18.7. The second-order valence-corrected chi connectivity index (χ2v) is 5.35. The van der Waals surface area contributed by atoms with Gasteiger partial charge in [-0.05, 0) is 33.1 Å². The van der Waals surface area contributed by atoms with Gasteiger partial charge in [-0.2, -0.15) is 0 Å². The van der Waals surface area contributed by atoms with Crippen LogP contribution in [0.3, 0.4) is 0 Å². The van der Waals surface area contributed by atoms with E-state index in [-0.39, 0.29) is 12.6 Å². The average Bonchev–Trinajstić information content (AvgIpc) is 2.47. The molecule has 1 rings (SSSR count). The summed E-state index contributed by atoms with van der Waals surface area (Å²) in [7, 11) is 0. The topological polar surface area (TPSA) is 95.9 Å². The van der Waals surface area contributed by atoms with Crippen molar-refractivity contribution in [2.24, 2.45) is 5.41 Å². The molecule has 0 saturated carbocycles. The Morgan fingerprint density at radius 3 is 2.29 bits per heavy atom. The number of carbonyl (C=O) groups excluding carboxylic acids is 2. The molecule has 0 aromatic carbocycles. The van der Waals surface area contributed by atoms with Gasteiger partial charge >= 0.3 is 18.0 Å². The van der Waals surface area contributed by atoms with Gasteiger partial charge in [0.15, 0.2) is 0 Å². The lowest BCUT2D eigenvalue weighted by atomic mass is 9.76. The number of carboxylic acids is 1. The highest BCUT2D eigenvalue weighted by Crippen LogP contribution is 2.35. The van der Waals surface area contributed by atoms with Crippen LogP contribution >= 0.6 is 0 Å². The Morgan fingerprint density at radius 1 is 1.29 bits per heavy atom. The van der Waals surface area contributed by atoms with Crippen LogP contribution in [-0.4, -0.2) is 53.7 Å². The van der Waals surface area contributed by atoms with Crippen LogP contribution in [0.1, 0.15) is 40.0 Å². The number of esters is 1. The summed E-state index contributed by atoms with van der Waals surface area (Å²) in [5.74, 6) is -1.28. The number of hydrogen-bond donors (Lipinski definition) is 2. The van der Waals surface area contributed by atoms with Gasteiger partial charge in [0.05, 0.1) is 12.0 Å². The molecule has 1 unspecified atom stereocenters. The van der Waals surface area contributed by atoms with Crippen molar-refractivity contribution in [2.45, 2.75) is 46.1 Å². The van der Waals surface area contributed by atoms with Gasteiger partial charge in [-0.3, -0.25) is 4.79 Å². The average molecular weight is 300 g/mol. The molecule has 1 aliphatic rings. The zero-order valence-corrected chi connectivity index (χ0v) is 12.8. The maximum absolute atomic E-state index is 12.0. The van der Waals surface area contributed by atoms with E-state index >= 15 is 0 Å². The number of ether oxygens (including phenoxy) is 1. The molecule has 0 aliphatic carbocycles. The minimum atomic E-state index is -0.801. The Kier molecular flexibility index (Phi) is 5.99. The van der Waals surface area contributed by atoms with Gasteiger partial charge in [-0.1, -0.05) is 6.92 Å². The summed E-state index contributed by atoms with van der Waals surface area (Å²) >= 11 is 0. The van der Waals surface area contributed by atoms with E-state index < -0.39 is 23.4 Å². The Bertz CT molecular complexity index is 402. The van der Waals surface area contributed by atoms with E-state index in [0.717, 1.165) is 0 Å². The zero-order chi connectivity index (χ0) is 16.0. The number of likely N-dealkylation sites (tertiary alicyclic amines) is 1. The number of urea groups is 1. The zero-order valence-electron chi connectivity index (χ0n) is 12.8. The first-order chi connectivity index (χ1) is 9.86. The fraction of sp³-hybridized carbons (Fsp3) is 0.786. The molecule has 1 atom stereocenters. The standard InChI is InChI=1S/C14H24N2O5/c1-4-14(12(18)19)6-8-16(9-7-14)13(20)15-10(3)11(17)21-5-2/h10H,4-9H2,1-3H3,(H,15,20)(H,18,19). The highest BCUT2D eigenvalue weighted by atomic mass is 16.5. The van der Waals surface area contributed by atoms with Gasteiger partial charge in [-0.15, -0.1) is 0 Å². The van der Waals surface area contributed by atoms with Gasteiger partial charge in [0.2, 0.25) is 0 Å². The van der Waals surface area contributed by atoms with Crippen LogP contribution in [0.15, 0.2) is 0 Å². The van der Waals surface area contributed by atoms with E-state index in [2.05, 4.69) is 5.32 Å². The van der Waals surface area contributed by atoms with Crippen molar-refractivity contribution in [3.05, 3.63) is 0 Å². The highest BCUT2D eigenvalue weighted by molar-refractivity contribution is 5.83. The van der Waals surface area contributed by atoms with Crippen LogP contribution in [-0.2, 0) is 14.3 Å². The SMILES string of the molecule is CCOC(=O)C(C)NC(=O)N1CCC(CC)(C(=O)O)CC1. The Morgan fingerprint density at radius 2 is 1.86 bits per heavy atom. The van der Waals surface area contributed by atoms with Gasteiger partial charge < -0.3 is 20.1 Å². The first kappa shape index (κ1) is 17.3. The monoisotopic (exact) mass is 300 g/mol. The van der Waals surface area contributed by atoms with Crippen molar-refractivity contribution >= 4 is 18.0 Å². The van der Waals surface area contributed by atoms with Crippen molar-refractivity contribution in [2.75, 3.05) is 19.7 Å². The van der Waals surface area contributed by atoms with Crippen LogP contribution < -0.4 is 5.32 Å². The minimum Gasteiger partial charge on any atom is -0.481 e. The third kappa shape index (κ3) is 4.09. The Balaban J connectivity index is 2.52. The second-order valence-electron chi connectivity index (χ2n) is 5.35. The number of amides is 2. The maximum Gasteiger partial charge on any atom is 0.328 e. The number of rotatable bonds is 5. The third-order valence-corrected chi connectivity index (χ3v) is 4.12. The van der Waals surface area contributed by atoms with Crippen molar-refractivity contribution < 1.29 is 24.2 Å². The van der Waals surface area contributed by atoms with Gasteiger partial charge in [0, 0.05) is 13.1 Å². The molecule has 0 radical (unpaired) electrons. The number of hydrogen-bond acceptors (Lipinski definition) is 4. The number of piperidine rings is 1. The van der Waals surface area contributed by atoms with Crippen molar-refractivity contribution in [1.82, 2.24) is 10.2 Å². The molecule has 2 amide bonds. The summed E-state index contributed by atoms with van der Waals surface area (Å²) in [5.41, 5.74) is -0.733. The maximum atomic E-state index is 12.0. The number of nitrogens with zero attached hydrogens (tertiary/aromatic N) is 1. The molecule has 7 heteroatoms. The van der Waals surface area contributed by atoms with E-state index in [9.17, 15) is 19.5 Å². The number of nitrogens with one attached hydrogen (secondary N) is 1. The lowest BCUT2D eigenvalue weighted by Gasteiger charge is -2.38. The quantitative estimate of drug-likeness (QED) is 0.744.